The van der Waals surface area contributed by atoms with Crippen LogP contribution < -0.4 is 5.32 Å². The molecule has 0 saturated carbocycles. The van der Waals surface area contributed by atoms with Crippen molar-refractivity contribution in [2.75, 3.05) is 17.6 Å². The van der Waals surface area contributed by atoms with Gasteiger partial charge in [-0.2, -0.15) is 26.3 Å². The first kappa shape index (κ1) is 16.5. The number of hydrogen-bond acceptors (Lipinski definition) is 2. The largest absolute Gasteiger partial charge is 0.441 e. The predicted molar refractivity (Wildman–Crippen MR) is 66.1 cm³/mol. The highest BCUT2D eigenvalue weighted by Crippen LogP contribution is 2.36. The lowest BCUT2D eigenvalue weighted by atomic mass is 10.1. The van der Waals surface area contributed by atoms with E-state index < -0.39 is 17.2 Å². The lowest BCUT2D eigenvalue weighted by molar-refractivity contribution is -0.137. The van der Waals surface area contributed by atoms with Crippen LogP contribution in [0, 0.1) is 0 Å². The zero-order valence-electron chi connectivity index (χ0n) is 9.20. The van der Waals surface area contributed by atoms with Crippen molar-refractivity contribution in [3.05, 3.63) is 28.2 Å². The molecule has 0 aliphatic heterocycles. The van der Waals surface area contributed by atoms with Crippen LogP contribution in [0.1, 0.15) is 5.56 Å². The molecular formula is C10H8BrF6NS. The van der Waals surface area contributed by atoms with E-state index in [9.17, 15) is 26.3 Å². The van der Waals surface area contributed by atoms with E-state index in [-0.39, 0.29) is 29.7 Å². The molecule has 0 spiro atoms. The number of halogens is 7. The average molecular weight is 368 g/mol. The highest BCUT2D eigenvalue weighted by molar-refractivity contribution is 9.10. The number of thioether (sulfide) groups is 1. The minimum absolute atomic E-state index is 0.219. The summed E-state index contributed by atoms with van der Waals surface area (Å²) in [5.74, 6) is -0.368. The summed E-state index contributed by atoms with van der Waals surface area (Å²) in [4.78, 5) is 0. The van der Waals surface area contributed by atoms with E-state index in [1.54, 1.807) is 0 Å². The first-order valence-corrected chi connectivity index (χ1v) is 6.69. The third-order valence-electron chi connectivity index (χ3n) is 1.97. The third kappa shape index (κ3) is 5.94. The van der Waals surface area contributed by atoms with Crippen LogP contribution in [0.15, 0.2) is 22.7 Å². The second-order valence-electron chi connectivity index (χ2n) is 3.41. The number of rotatable bonds is 4. The van der Waals surface area contributed by atoms with Gasteiger partial charge in [0.2, 0.25) is 0 Å². The van der Waals surface area contributed by atoms with Crippen molar-refractivity contribution in [2.24, 2.45) is 0 Å². The second-order valence-corrected chi connectivity index (χ2v) is 5.48. The summed E-state index contributed by atoms with van der Waals surface area (Å²) in [5, 5.41) is 2.36. The Labute approximate surface area is 117 Å². The van der Waals surface area contributed by atoms with Gasteiger partial charge in [0.15, 0.2) is 0 Å². The van der Waals surface area contributed by atoms with Crippen LogP contribution in [-0.4, -0.2) is 17.8 Å². The van der Waals surface area contributed by atoms with Gasteiger partial charge in [-0.15, -0.1) is 0 Å². The van der Waals surface area contributed by atoms with Crippen molar-refractivity contribution < 1.29 is 26.3 Å². The van der Waals surface area contributed by atoms with Gasteiger partial charge in [-0.1, -0.05) is 15.9 Å². The lowest BCUT2D eigenvalue weighted by Gasteiger charge is -2.15. The molecule has 0 fully saturated rings. The van der Waals surface area contributed by atoms with Crippen LogP contribution in [0.25, 0.3) is 0 Å². The monoisotopic (exact) mass is 367 g/mol. The van der Waals surface area contributed by atoms with Gasteiger partial charge in [0.25, 0.3) is 0 Å². The van der Waals surface area contributed by atoms with Gasteiger partial charge in [0.05, 0.1) is 5.56 Å². The number of hydrogen-bond donors (Lipinski definition) is 1. The van der Waals surface area contributed by atoms with Crippen molar-refractivity contribution in [1.82, 2.24) is 0 Å². The molecule has 1 nitrogen and oxygen atoms in total. The van der Waals surface area contributed by atoms with Crippen LogP contribution in [0.2, 0.25) is 0 Å². The molecular weight excluding hydrogens is 360 g/mol. The maximum atomic E-state index is 12.6. The van der Waals surface area contributed by atoms with Crippen LogP contribution in [0.3, 0.4) is 0 Å². The van der Waals surface area contributed by atoms with E-state index in [2.05, 4.69) is 21.2 Å². The molecule has 0 unspecified atom stereocenters. The number of anilines is 1. The topological polar surface area (TPSA) is 12.0 Å². The first-order valence-electron chi connectivity index (χ1n) is 4.91. The fraction of sp³-hybridized carbons (Fsp3) is 0.400. The summed E-state index contributed by atoms with van der Waals surface area (Å²) in [5.41, 5.74) is -5.54. The average Bonchev–Trinajstić information content (AvgIpc) is 2.21. The Morgan fingerprint density at radius 3 is 2.26 bits per heavy atom. The highest BCUT2D eigenvalue weighted by Gasteiger charge is 2.33. The molecule has 0 aliphatic carbocycles. The molecule has 108 valence electrons. The van der Waals surface area contributed by atoms with Crippen molar-refractivity contribution >= 4 is 33.4 Å². The van der Waals surface area contributed by atoms with E-state index in [1.165, 1.54) is 12.1 Å². The van der Waals surface area contributed by atoms with Gasteiger partial charge in [-0.25, -0.2) is 0 Å². The molecule has 0 bridgehead atoms. The molecule has 19 heavy (non-hydrogen) atoms. The molecule has 0 atom stereocenters. The number of nitrogens with one attached hydrogen (secondary N) is 1. The minimum atomic E-state index is -4.56. The molecule has 0 aromatic heterocycles. The predicted octanol–water partition coefficient (Wildman–Crippen LogP) is 5.13. The summed E-state index contributed by atoms with van der Waals surface area (Å²) < 4.78 is 73.9. The Balaban J connectivity index is 2.69. The quantitative estimate of drug-likeness (QED) is 0.584. The zero-order chi connectivity index (χ0) is 14.7. The van der Waals surface area contributed by atoms with Crippen molar-refractivity contribution in [1.29, 1.82) is 0 Å². The van der Waals surface area contributed by atoms with Crippen molar-refractivity contribution in [3.8, 4) is 0 Å². The first-order chi connectivity index (χ1) is 8.59. The van der Waals surface area contributed by atoms with Gasteiger partial charge < -0.3 is 5.32 Å². The molecule has 9 heteroatoms. The number of alkyl halides is 6. The second kappa shape index (κ2) is 6.25. The fourth-order valence-corrected chi connectivity index (χ4v) is 2.06. The third-order valence-corrected chi connectivity index (χ3v) is 3.20. The van der Waals surface area contributed by atoms with Gasteiger partial charge in [-0.05, 0) is 30.0 Å². The van der Waals surface area contributed by atoms with Crippen LogP contribution in [0.4, 0.5) is 32.0 Å². The van der Waals surface area contributed by atoms with E-state index in [0.29, 0.717) is 4.47 Å². The summed E-state index contributed by atoms with van der Waals surface area (Å²) >= 11 is 2.73. The van der Waals surface area contributed by atoms with E-state index in [1.807, 2.05) is 0 Å². The molecule has 0 radical (unpaired) electrons. The molecule has 1 N–H and O–H groups in total. The SMILES string of the molecule is FC(F)(F)SCCNc1cc(Br)ccc1C(F)(F)F. The Kier molecular flexibility index (Phi) is 5.43. The molecule has 0 aliphatic rings. The molecule has 0 heterocycles. The van der Waals surface area contributed by atoms with Crippen LogP contribution in [0.5, 0.6) is 0 Å². The van der Waals surface area contributed by atoms with Crippen molar-refractivity contribution in [2.45, 2.75) is 11.7 Å². The summed E-state index contributed by atoms with van der Waals surface area (Å²) in [6.07, 6.45) is -4.56. The van der Waals surface area contributed by atoms with Crippen LogP contribution in [-0.2, 0) is 6.18 Å². The smallest absolute Gasteiger partial charge is 0.384 e. The van der Waals surface area contributed by atoms with E-state index >= 15 is 0 Å². The van der Waals surface area contributed by atoms with Gasteiger partial charge >= 0.3 is 11.7 Å². The molecule has 1 rings (SSSR count). The zero-order valence-corrected chi connectivity index (χ0v) is 11.6. The molecule has 0 amide bonds. The van der Waals surface area contributed by atoms with Gasteiger partial charge in [0, 0.05) is 22.5 Å². The molecule has 0 saturated heterocycles. The van der Waals surface area contributed by atoms with E-state index in [0.717, 1.165) is 6.07 Å². The number of benzene rings is 1. The van der Waals surface area contributed by atoms with E-state index in [4.69, 9.17) is 0 Å². The maximum absolute atomic E-state index is 12.6. The Hall–Kier alpha value is -0.570. The van der Waals surface area contributed by atoms with Gasteiger partial charge in [0.1, 0.15) is 0 Å². The summed E-state index contributed by atoms with van der Waals surface area (Å²) in [6, 6.07) is 3.27. The molecule has 1 aromatic carbocycles. The van der Waals surface area contributed by atoms with Gasteiger partial charge in [-0.3, -0.25) is 0 Å². The highest BCUT2D eigenvalue weighted by atomic mass is 79.9. The van der Waals surface area contributed by atoms with Crippen molar-refractivity contribution in [3.63, 3.8) is 0 Å². The maximum Gasteiger partial charge on any atom is 0.441 e. The lowest BCUT2D eigenvalue weighted by Crippen LogP contribution is -2.14. The Morgan fingerprint density at radius 1 is 1.11 bits per heavy atom. The minimum Gasteiger partial charge on any atom is -0.384 e. The summed E-state index contributed by atoms with van der Waals surface area (Å²) in [6.45, 7) is -0.219. The molecule has 1 aromatic rings. The Bertz CT molecular complexity index is 431. The fourth-order valence-electron chi connectivity index (χ4n) is 1.26. The standard InChI is InChI=1S/C10H8BrF6NS/c11-6-1-2-7(9(12,13)14)8(5-6)18-3-4-19-10(15,16)17/h1-2,5,18H,3-4H2. The summed E-state index contributed by atoms with van der Waals surface area (Å²) in [7, 11) is 0. The van der Waals surface area contributed by atoms with Crippen LogP contribution >= 0.6 is 27.7 Å². The normalized spacial score (nSPS) is 12.6. The Morgan fingerprint density at radius 2 is 1.74 bits per heavy atom.